The molecule has 2 aromatic heterocycles. The fourth-order valence-corrected chi connectivity index (χ4v) is 4.28. The Morgan fingerprint density at radius 3 is 2.67 bits per heavy atom. The summed E-state index contributed by atoms with van der Waals surface area (Å²) in [5.74, 6) is -0.943. The van der Waals surface area contributed by atoms with E-state index in [4.69, 9.17) is 4.74 Å². The summed E-state index contributed by atoms with van der Waals surface area (Å²) in [6.45, 7) is -0.369. The van der Waals surface area contributed by atoms with Crippen molar-refractivity contribution in [2.45, 2.75) is 4.90 Å². The average Bonchev–Trinajstić information content (AvgIpc) is 3.32. The molecule has 5 nitrogen and oxygen atoms in total. The summed E-state index contributed by atoms with van der Waals surface area (Å²) in [7, 11) is 0. The van der Waals surface area contributed by atoms with Gasteiger partial charge in [-0.25, -0.2) is 9.78 Å². The average molecular weight is 435 g/mol. The molecule has 7 heteroatoms. The number of ether oxygens (including phenoxy) is 1. The first kappa shape index (κ1) is 20.1. The minimum absolute atomic E-state index is 0.369. The standard InChI is InChI=1S/C23H18N2O3S2/c1-29-20-10-5-4-9-18(20)25-22(26)14-28-23(27)16-13-19(21-11-6-12-30-21)24-17-8-3-2-7-15(16)17/h2-13H,14H2,1H3,(H,25,26). The number of carbonyl (C=O) groups excluding carboxylic acids is 2. The van der Waals surface area contributed by atoms with E-state index >= 15 is 0 Å². The molecular formula is C23H18N2O3S2. The van der Waals surface area contributed by atoms with Crippen molar-refractivity contribution in [3.8, 4) is 10.6 Å². The van der Waals surface area contributed by atoms with Crippen molar-refractivity contribution in [2.24, 2.45) is 0 Å². The van der Waals surface area contributed by atoms with Crippen LogP contribution in [-0.4, -0.2) is 29.7 Å². The lowest BCUT2D eigenvalue weighted by molar-refractivity contribution is -0.119. The highest BCUT2D eigenvalue weighted by atomic mass is 32.2. The minimum Gasteiger partial charge on any atom is -0.452 e. The van der Waals surface area contributed by atoms with Crippen molar-refractivity contribution in [1.82, 2.24) is 4.98 Å². The van der Waals surface area contributed by atoms with Gasteiger partial charge in [-0.2, -0.15) is 0 Å². The van der Waals surface area contributed by atoms with Gasteiger partial charge in [0.15, 0.2) is 6.61 Å². The van der Waals surface area contributed by atoms with Crippen LogP contribution in [0, 0.1) is 0 Å². The van der Waals surface area contributed by atoms with E-state index in [1.54, 1.807) is 17.4 Å². The van der Waals surface area contributed by atoms with Gasteiger partial charge in [0.25, 0.3) is 5.91 Å². The fraction of sp³-hybridized carbons (Fsp3) is 0.0870. The second kappa shape index (κ2) is 9.11. The molecule has 0 aliphatic carbocycles. The molecule has 1 N–H and O–H groups in total. The van der Waals surface area contributed by atoms with Crippen LogP contribution in [0.25, 0.3) is 21.5 Å². The van der Waals surface area contributed by atoms with Gasteiger partial charge in [-0.15, -0.1) is 23.1 Å². The van der Waals surface area contributed by atoms with E-state index in [-0.39, 0.29) is 12.5 Å². The molecular weight excluding hydrogens is 416 g/mol. The van der Waals surface area contributed by atoms with Crippen LogP contribution in [0.15, 0.2) is 77.0 Å². The number of thiophene rings is 1. The first-order valence-corrected chi connectivity index (χ1v) is 11.3. The van der Waals surface area contributed by atoms with Gasteiger partial charge in [-0.3, -0.25) is 4.79 Å². The zero-order chi connectivity index (χ0) is 20.9. The number of benzene rings is 2. The lowest BCUT2D eigenvalue weighted by Crippen LogP contribution is -2.21. The van der Waals surface area contributed by atoms with Crippen molar-refractivity contribution in [3.63, 3.8) is 0 Å². The van der Waals surface area contributed by atoms with Crippen LogP contribution in [0.2, 0.25) is 0 Å². The maximum absolute atomic E-state index is 12.8. The maximum atomic E-state index is 12.8. The van der Waals surface area contributed by atoms with Gasteiger partial charge < -0.3 is 10.1 Å². The van der Waals surface area contributed by atoms with E-state index in [0.29, 0.717) is 27.8 Å². The molecule has 0 radical (unpaired) electrons. The topological polar surface area (TPSA) is 68.3 Å². The molecule has 150 valence electrons. The molecule has 0 aliphatic heterocycles. The molecule has 0 saturated heterocycles. The zero-order valence-corrected chi connectivity index (χ0v) is 17.8. The summed E-state index contributed by atoms with van der Waals surface area (Å²) in [6.07, 6.45) is 1.94. The number of hydrogen-bond acceptors (Lipinski definition) is 6. The number of rotatable bonds is 6. The number of thioether (sulfide) groups is 1. The van der Waals surface area contributed by atoms with Gasteiger partial charge in [0, 0.05) is 10.3 Å². The van der Waals surface area contributed by atoms with E-state index in [1.165, 1.54) is 11.8 Å². The summed E-state index contributed by atoms with van der Waals surface area (Å²) < 4.78 is 5.33. The van der Waals surface area contributed by atoms with Crippen molar-refractivity contribution in [3.05, 3.63) is 77.7 Å². The number of fused-ring (bicyclic) bond motifs is 1. The van der Waals surface area contributed by atoms with Gasteiger partial charge in [0.1, 0.15) is 0 Å². The Kier molecular flexibility index (Phi) is 6.11. The molecule has 4 rings (SSSR count). The lowest BCUT2D eigenvalue weighted by Gasteiger charge is -2.11. The predicted octanol–water partition coefficient (Wildman–Crippen LogP) is 5.48. The number of amides is 1. The second-order valence-corrected chi connectivity index (χ2v) is 8.17. The summed E-state index contributed by atoms with van der Waals surface area (Å²) in [4.78, 5) is 31.7. The molecule has 0 unspecified atom stereocenters. The Bertz CT molecular complexity index is 1210. The van der Waals surface area contributed by atoms with Crippen molar-refractivity contribution in [1.29, 1.82) is 0 Å². The molecule has 1 amide bonds. The smallest absolute Gasteiger partial charge is 0.339 e. The summed E-state index contributed by atoms with van der Waals surface area (Å²) >= 11 is 3.08. The molecule has 0 spiro atoms. The monoisotopic (exact) mass is 434 g/mol. The van der Waals surface area contributed by atoms with Crippen LogP contribution in [0.4, 0.5) is 5.69 Å². The predicted molar refractivity (Wildman–Crippen MR) is 122 cm³/mol. The fourth-order valence-electron chi connectivity index (χ4n) is 3.04. The Morgan fingerprint density at radius 1 is 1.07 bits per heavy atom. The number of carbonyl (C=O) groups is 2. The quantitative estimate of drug-likeness (QED) is 0.321. The molecule has 0 saturated carbocycles. The minimum atomic E-state index is -0.556. The largest absolute Gasteiger partial charge is 0.452 e. The van der Waals surface area contributed by atoms with E-state index in [0.717, 1.165) is 9.77 Å². The van der Waals surface area contributed by atoms with Crippen LogP contribution in [-0.2, 0) is 9.53 Å². The van der Waals surface area contributed by atoms with Crippen molar-refractivity contribution >= 4 is 51.6 Å². The molecule has 0 aliphatic rings. The van der Waals surface area contributed by atoms with Crippen LogP contribution >= 0.6 is 23.1 Å². The molecule has 4 aromatic rings. The molecule has 0 atom stereocenters. The normalized spacial score (nSPS) is 10.7. The highest BCUT2D eigenvalue weighted by Crippen LogP contribution is 2.28. The third-order valence-corrected chi connectivity index (χ3v) is 6.11. The first-order chi connectivity index (χ1) is 14.7. The van der Waals surface area contributed by atoms with E-state index in [1.807, 2.05) is 72.3 Å². The van der Waals surface area contributed by atoms with Crippen LogP contribution in [0.5, 0.6) is 0 Å². The lowest BCUT2D eigenvalue weighted by atomic mass is 10.1. The second-order valence-electron chi connectivity index (χ2n) is 6.37. The molecule has 0 bridgehead atoms. The van der Waals surface area contributed by atoms with E-state index in [2.05, 4.69) is 10.3 Å². The van der Waals surface area contributed by atoms with E-state index in [9.17, 15) is 9.59 Å². The first-order valence-electron chi connectivity index (χ1n) is 9.19. The molecule has 30 heavy (non-hydrogen) atoms. The third kappa shape index (κ3) is 4.37. The number of nitrogens with zero attached hydrogens (tertiary/aromatic N) is 1. The summed E-state index contributed by atoms with van der Waals surface area (Å²) in [5.41, 5.74) is 2.49. The Morgan fingerprint density at radius 2 is 1.87 bits per heavy atom. The van der Waals surface area contributed by atoms with Crippen LogP contribution in [0.1, 0.15) is 10.4 Å². The van der Waals surface area contributed by atoms with Crippen LogP contribution < -0.4 is 5.32 Å². The number of anilines is 1. The van der Waals surface area contributed by atoms with Crippen molar-refractivity contribution in [2.75, 3.05) is 18.2 Å². The van der Waals surface area contributed by atoms with Gasteiger partial charge in [0.05, 0.1) is 27.3 Å². The molecule has 2 aromatic carbocycles. The molecule has 2 heterocycles. The number of aromatic nitrogens is 1. The van der Waals surface area contributed by atoms with Crippen LogP contribution in [0.3, 0.4) is 0 Å². The number of hydrogen-bond donors (Lipinski definition) is 1. The van der Waals surface area contributed by atoms with Gasteiger partial charge in [0.2, 0.25) is 0 Å². The van der Waals surface area contributed by atoms with Gasteiger partial charge in [-0.1, -0.05) is 36.4 Å². The zero-order valence-electron chi connectivity index (χ0n) is 16.1. The number of nitrogens with one attached hydrogen (secondary N) is 1. The highest BCUT2D eigenvalue weighted by Gasteiger charge is 2.17. The number of esters is 1. The highest BCUT2D eigenvalue weighted by molar-refractivity contribution is 7.98. The molecule has 0 fully saturated rings. The Labute approximate surface area is 182 Å². The maximum Gasteiger partial charge on any atom is 0.339 e. The third-order valence-electron chi connectivity index (χ3n) is 4.43. The van der Waals surface area contributed by atoms with Gasteiger partial charge >= 0.3 is 5.97 Å². The van der Waals surface area contributed by atoms with Gasteiger partial charge in [-0.05, 0) is 42.0 Å². The SMILES string of the molecule is CSc1ccccc1NC(=O)COC(=O)c1cc(-c2cccs2)nc2ccccc12. The van der Waals surface area contributed by atoms with E-state index < -0.39 is 5.97 Å². The Hall–Kier alpha value is -3.16. The van der Waals surface area contributed by atoms with Crippen molar-refractivity contribution < 1.29 is 14.3 Å². The summed E-state index contributed by atoms with van der Waals surface area (Å²) in [5, 5.41) is 5.44. The number of para-hydroxylation sites is 2. The number of pyridine rings is 1. The Balaban J connectivity index is 1.54. The summed E-state index contributed by atoms with van der Waals surface area (Å²) in [6, 6.07) is 20.5.